The Bertz CT molecular complexity index is 1060. The molecule has 1 heterocycles. The third-order valence-corrected chi connectivity index (χ3v) is 4.18. The van der Waals surface area contributed by atoms with E-state index in [1.54, 1.807) is 25.1 Å². The van der Waals surface area contributed by atoms with E-state index in [-0.39, 0.29) is 23.7 Å². The van der Waals surface area contributed by atoms with Gasteiger partial charge in [-0.2, -0.15) is 4.98 Å². The standard InChI is InChI=1S/C19H18N4O6/c1-11-4-5-13(8-14(11)23(25)26)19(24)20-10-17-21-18(22-29-17)12-6-7-15(27-2)16(9-12)28-3/h4-9H,10H2,1-3H3,(H,20,24). The highest BCUT2D eigenvalue weighted by atomic mass is 16.6. The number of carbonyl (C=O) groups is 1. The Morgan fingerprint density at radius 3 is 2.62 bits per heavy atom. The second kappa shape index (κ2) is 8.38. The van der Waals surface area contributed by atoms with Gasteiger partial charge in [-0.15, -0.1) is 0 Å². The molecule has 29 heavy (non-hydrogen) atoms. The van der Waals surface area contributed by atoms with Gasteiger partial charge >= 0.3 is 0 Å². The van der Waals surface area contributed by atoms with Crippen molar-refractivity contribution in [3.05, 3.63) is 63.5 Å². The van der Waals surface area contributed by atoms with Gasteiger partial charge in [0.05, 0.1) is 25.7 Å². The maximum atomic E-state index is 12.3. The monoisotopic (exact) mass is 398 g/mol. The number of methoxy groups -OCH3 is 2. The number of benzene rings is 2. The molecule has 0 bridgehead atoms. The number of aryl methyl sites for hydroxylation is 1. The molecule has 3 rings (SSSR count). The Balaban J connectivity index is 1.70. The average molecular weight is 398 g/mol. The number of nitrogens with one attached hydrogen (secondary N) is 1. The molecule has 0 aliphatic rings. The highest BCUT2D eigenvalue weighted by Crippen LogP contribution is 2.31. The van der Waals surface area contributed by atoms with Crippen LogP contribution < -0.4 is 14.8 Å². The summed E-state index contributed by atoms with van der Waals surface area (Å²) in [5.41, 5.74) is 1.18. The zero-order valence-corrected chi connectivity index (χ0v) is 16.0. The Kier molecular flexibility index (Phi) is 5.72. The summed E-state index contributed by atoms with van der Waals surface area (Å²) >= 11 is 0. The predicted molar refractivity (Wildman–Crippen MR) is 102 cm³/mol. The van der Waals surface area contributed by atoms with E-state index in [0.717, 1.165) is 0 Å². The van der Waals surface area contributed by atoms with Crippen LogP contribution in [0.4, 0.5) is 5.69 Å². The van der Waals surface area contributed by atoms with Crippen molar-refractivity contribution >= 4 is 11.6 Å². The number of amides is 1. The summed E-state index contributed by atoms with van der Waals surface area (Å²) in [6, 6.07) is 9.44. The van der Waals surface area contributed by atoms with Crippen LogP contribution in [-0.2, 0) is 6.54 Å². The van der Waals surface area contributed by atoms with E-state index in [0.29, 0.717) is 28.5 Å². The van der Waals surface area contributed by atoms with Gasteiger partial charge < -0.3 is 19.3 Å². The molecule has 1 N–H and O–H groups in total. The Hall–Kier alpha value is -3.95. The summed E-state index contributed by atoms with van der Waals surface area (Å²) in [6.07, 6.45) is 0. The van der Waals surface area contributed by atoms with Crippen LogP contribution >= 0.6 is 0 Å². The molecule has 0 aliphatic carbocycles. The fraction of sp³-hybridized carbons (Fsp3) is 0.211. The van der Waals surface area contributed by atoms with Crippen LogP contribution in [0, 0.1) is 17.0 Å². The molecule has 1 amide bonds. The van der Waals surface area contributed by atoms with Gasteiger partial charge in [0.2, 0.25) is 11.7 Å². The predicted octanol–water partition coefficient (Wildman–Crippen LogP) is 2.90. The number of rotatable bonds is 7. The minimum Gasteiger partial charge on any atom is -0.493 e. The van der Waals surface area contributed by atoms with Gasteiger partial charge in [0.1, 0.15) is 0 Å². The number of ether oxygens (including phenoxy) is 2. The van der Waals surface area contributed by atoms with Crippen LogP contribution in [0.25, 0.3) is 11.4 Å². The van der Waals surface area contributed by atoms with E-state index < -0.39 is 10.8 Å². The second-order valence-corrected chi connectivity index (χ2v) is 6.02. The lowest BCUT2D eigenvalue weighted by Gasteiger charge is -2.07. The number of hydrogen-bond acceptors (Lipinski definition) is 8. The summed E-state index contributed by atoms with van der Waals surface area (Å²) in [4.78, 5) is 27.0. The van der Waals surface area contributed by atoms with Crippen LogP contribution in [0.15, 0.2) is 40.9 Å². The maximum Gasteiger partial charge on any atom is 0.273 e. The normalized spacial score (nSPS) is 10.4. The first kappa shape index (κ1) is 19.8. The molecule has 150 valence electrons. The smallest absolute Gasteiger partial charge is 0.273 e. The van der Waals surface area contributed by atoms with Crippen molar-refractivity contribution in [3.8, 4) is 22.9 Å². The third kappa shape index (κ3) is 4.32. The molecule has 0 saturated heterocycles. The molecule has 0 spiro atoms. The van der Waals surface area contributed by atoms with Crippen LogP contribution in [0.2, 0.25) is 0 Å². The molecule has 10 heteroatoms. The first-order valence-electron chi connectivity index (χ1n) is 8.51. The van der Waals surface area contributed by atoms with Crippen molar-refractivity contribution in [2.45, 2.75) is 13.5 Å². The van der Waals surface area contributed by atoms with Crippen LogP contribution in [0.3, 0.4) is 0 Å². The summed E-state index contributed by atoms with van der Waals surface area (Å²) in [5, 5.41) is 17.5. The molecule has 0 radical (unpaired) electrons. The van der Waals surface area contributed by atoms with Gasteiger partial charge in [0.15, 0.2) is 11.5 Å². The minimum absolute atomic E-state index is 0.0270. The number of aromatic nitrogens is 2. The molecule has 3 aromatic rings. The van der Waals surface area contributed by atoms with Gasteiger partial charge in [-0.1, -0.05) is 11.2 Å². The number of carbonyl (C=O) groups excluding carboxylic acids is 1. The lowest BCUT2D eigenvalue weighted by Crippen LogP contribution is -2.23. The van der Waals surface area contributed by atoms with E-state index in [1.807, 2.05) is 0 Å². The quantitative estimate of drug-likeness (QED) is 0.475. The first-order chi connectivity index (χ1) is 13.9. The molecule has 0 fully saturated rings. The summed E-state index contributed by atoms with van der Waals surface area (Å²) < 4.78 is 15.6. The fourth-order valence-corrected chi connectivity index (χ4v) is 2.62. The van der Waals surface area contributed by atoms with E-state index >= 15 is 0 Å². The Morgan fingerprint density at radius 1 is 1.17 bits per heavy atom. The van der Waals surface area contributed by atoms with Crippen molar-refractivity contribution in [2.75, 3.05) is 14.2 Å². The zero-order valence-electron chi connectivity index (χ0n) is 16.0. The topological polar surface area (TPSA) is 130 Å². The summed E-state index contributed by atoms with van der Waals surface area (Å²) in [7, 11) is 3.06. The van der Waals surface area contributed by atoms with Crippen molar-refractivity contribution in [3.63, 3.8) is 0 Å². The molecular formula is C19H18N4O6. The van der Waals surface area contributed by atoms with Crippen molar-refractivity contribution in [2.24, 2.45) is 0 Å². The molecule has 0 unspecified atom stereocenters. The minimum atomic E-state index is -0.528. The second-order valence-electron chi connectivity index (χ2n) is 6.02. The van der Waals surface area contributed by atoms with Crippen molar-refractivity contribution < 1.29 is 23.7 Å². The number of nitro benzene ring substituents is 1. The van der Waals surface area contributed by atoms with E-state index in [2.05, 4.69) is 15.5 Å². The molecule has 0 atom stereocenters. The number of nitrogens with zero attached hydrogens (tertiary/aromatic N) is 3. The van der Waals surface area contributed by atoms with Crippen molar-refractivity contribution in [1.82, 2.24) is 15.5 Å². The Labute approximate surface area is 165 Å². The Morgan fingerprint density at radius 2 is 1.93 bits per heavy atom. The number of hydrogen-bond donors (Lipinski definition) is 1. The SMILES string of the molecule is COc1ccc(-c2noc(CNC(=O)c3ccc(C)c([N+](=O)[O-])c3)n2)cc1OC. The maximum absolute atomic E-state index is 12.3. The molecule has 0 saturated carbocycles. The molecular weight excluding hydrogens is 380 g/mol. The van der Waals surface area contributed by atoms with Gasteiger partial charge in [0.25, 0.3) is 11.6 Å². The molecule has 0 aliphatic heterocycles. The van der Waals surface area contributed by atoms with Crippen LogP contribution in [-0.4, -0.2) is 35.2 Å². The molecule has 1 aromatic heterocycles. The van der Waals surface area contributed by atoms with E-state index in [9.17, 15) is 14.9 Å². The van der Waals surface area contributed by atoms with E-state index in [4.69, 9.17) is 14.0 Å². The summed E-state index contributed by atoms with van der Waals surface area (Å²) in [6.45, 7) is 1.58. The van der Waals surface area contributed by atoms with Crippen LogP contribution in [0.1, 0.15) is 21.8 Å². The molecule has 2 aromatic carbocycles. The first-order valence-corrected chi connectivity index (χ1v) is 8.51. The lowest BCUT2D eigenvalue weighted by molar-refractivity contribution is -0.385. The number of nitro groups is 1. The van der Waals surface area contributed by atoms with Crippen LogP contribution in [0.5, 0.6) is 11.5 Å². The van der Waals surface area contributed by atoms with Gasteiger partial charge in [-0.3, -0.25) is 14.9 Å². The fourth-order valence-electron chi connectivity index (χ4n) is 2.62. The molecule has 10 nitrogen and oxygen atoms in total. The van der Waals surface area contributed by atoms with Gasteiger partial charge in [-0.25, -0.2) is 0 Å². The largest absolute Gasteiger partial charge is 0.493 e. The lowest BCUT2D eigenvalue weighted by atomic mass is 10.1. The highest BCUT2D eigenvalue weighted by Gasteiger charge is 2.16. The summed E-state index contributed by atoms with van der Waals surface area (Å²) in [5.74, 6) is 1.11. The zero-order chi connectivity index (χ0) is 21.0. The van der Waals surface area contributed by atoms with Gasteiger partial charge in [0, 0.05) is 22.8 Å². The third-order valence-electron chi connectivity index (χ3n) is 4.18. The highest BCUT2D eigenvalue weighted by molar-refractivity contribution is 5.94. The van der Waals surface area contributed by atoms with E-state index in [1.165, 1.54) is 32.4 Å². The van der Waals surface area contributed by atoms with Crippen molar-refractivity contribution in [1.29, 1.82) is 0 Å². The average Bonchev–Trinajstić information content (AvgIpc) is 3.20. The van der Waals surface area contributed by atoms with Gasteiger partial charge in [-0.05, 0) is 31.2 Å².